The van der Waals surface area contributed by atoms with E-state index in [-0.39, 0.29) is 6.42 Å². The monoisotopic (exact) mass is 447 g/mol. The Bertz CT molecular complexity index is 1260. The summed E-state index contributed by atoms with van der Waals surface area (Å²) in [5, 5.41) is 13.3. The number of carbonyl (C=O) groups is 1. The lowest BCUT2D eigenvalue weighted by molar-refractivity contribution is -0.137. The van der Waals surface area contributed by atoms with Gasteiger partial charge in [-0.2, -0.15) is 5.10 Å². The molecule has 2 aromatic heterocycles. The van der Waals surface area contributed by atoms with Crippen molar-refractivity contribution in [3.63, 3.8) is 0 Å². The normalized spacial score (nSPS) is 10.9. The van der Waals surface area contributed by atoms with Crippen LogP contribution < -0.4 is 14.4 Å². The maximum absolute atomic E-state index is 11.1. The van der Waals surface area contributed by atoms with Gasteiger partial charge >= 0.3 is 5.97 Å². The zero-order valence-electron chi connectivity index (χ0n) is 18.7. The minimum atomic E-state index is -0.830. The van der Waals surface area contributed by atoms with Gasteiger partial charge < -0.3 is 19.5 Å². The first-order valence-electron chi connectivity index (χ1n) is 10.4. The molecule has 0 bridgehead atoms. The van der Waals surface area contributed by atoms with E-state index in [1.165, 1.54) is 0 Å². The number of hydrogen-bond acceptors (Lipinski definition) is 7. The summed E-state index contributed by atoms with van der Waals surface area (Å²) in [4.78, 5) is 22.5. The predicted octanol–water partition coefficient (Wildman–Crippen LogP) is 4.05. The number of carboxylic acid groups (broad SMARTS) is 1. The molecule has 0 radical (unpaired) electrons. The Morgan fingerprint density at radius 1 is 1.03 bits per heavy atom. The third kappa shape index (κ3) is 5.03. The summed E-state index contributed by atoms with van der Waals surface area (Å²) >= 11 is 0. The predicted molar refractivity (Wildman–Crippen MR) is 125 cm³/mol. The quantitative estimate of drug-likeness (QED) is 0.410. The fourth-order valence-electron chi connectivity index (χ4n) is 3.60. The first-order valence-corrected chi connectivity index (χ1v) is 10.4. The van der Waals surface area contributed by atoms with Gasteiger partial charge in [-0.05, 0) is 24.6 Å². The first kappa shape index (κ1) is 22.1. The second-order valence-corrected chi connectivity index (χ2v) is 7.55. The molecule has 0 aliphatic carbocycles. The Labute approximate surface area is 191 Å². The first-order chi connectivity index (χ1) is 16.0. The summed E-state index contributed by atoms with van der Waals surface area (Å²) in [6.07, 6.45) is 5.90. The SMILES string of the molecule is COc1cc(OC)cc(N(CCCC(=O)O)c2ccc3ncc(-c4cnn(C)c4)nc3c2)c1. The van der Waals surface area contributed by atoms with E-state index in [2.05, 4.69) is 10.1 Å². The second kappa shape index (κ2) is 9.56. The van der Waals surface area contributed by atoms with Crippen LogP contribution in [0.5, 0.6) is 11.5 Å². The van der Waals surface area contributed by atoms with Crippen LogP contribution in [0.1, 0.15) is 12.8 Å². The lowest BCUT2D eigenvalue weighted by Gasteiger charge is -2.26. The molecule has 9 heteroatoms. The van der Waals surface area contributed by atoms with Gasteiger partial charge in [-0.25, -0.2) is 4.98 Å². The third-order valence-electron chi connectivity index (χ3n) is 5.26. The Morgan fingerprint density at radius 2 is 1.79 bits per heavy atom. The van der Waals surface area contributed by atoms with E-state index in [0.717, 1.165) is 33.7 Å². The fourth-order valence-corrected chi connectivity index (χ4v) is 3.60. The molecule has 0 fully saturated rings. The van der Waals surface area contributed by atoms with Gasteiger partial charge in [0.15, 0.2) is 0 Å². The largest absolute Gasteiger partial charge is 0.497 e. The standard InChI is InChI=1S/C24H25N5O4/c1-28-15-16(13-26-28)23-14-25-21-7-6-17(11-22(21)27-23)29(8-4-5-24(30)31)18-9-19(32-2)12-20(10-18)33-3/h6-7,9-15H,4-5,8H2,1-3H3,(H,30,31). The van der Waals surface area contributed by atoms with Crippen molar-refractivity contribution in [3.8, 4) is 22.8 Å². The molecule has 1 N–H and O–H groups in total. The van der Waals surface area contributed by atoms with Gasteiger partial charge in [0.2, 0.25) is 0 Å². The lowest BCUT2D eigenvalue weighted by Crippen LogP contribution is -2.19. The molecule has 2 heterocycles. The van der Waals surface area contributed by atoms with E-state index in [9.17, 15) is 4.79 Å². The van der Waals surface area contributed by atoms with Crippen LogP contribution >= 0.6 is 0 Å². The highest BCUT2D eigenvalue weighted by molar-refractivity contribution is 5.82. The Morgan fingerprint density at radius 3 is 2.42 bits per heavy atom. The molecule has 2 aromatic carbocycles. The minimum absolute atomic E-state index is 0.0656. The fraction of sp³-hybridized carbons (Fsp3) is 0.250. The van der Waals surface area contributed by atoms with E-state index >= 15 is 0 Å². The van der Waals surface area contributed by atoms with Crippen LogP contribution in [-0.2, 0) is 11.8 Å². The molecule has 9 nitrogen and oxygen atoms in total. The molecule has 0 spiro atoms. The number of aliphatic carboxylic acids is 1. The molecule has 4 rings (SSSR count). The molecule has 170 valence electrons. The summed E-state index contributed by atoms with van der Waals surface area (Å²) < 4.78 is 12.6. The molecule has 4 aromatic rings. The van der Waals surface area contributed by atoms with E-state index in [1.54, 1.807) is 37.4 Å². The summed E-state index contributed by atoms with van der Waals surface area (Å²) in [5.41, 5.74) is 4.79. The van der Waals surface area contributed by atoms with Gasteiger partial charge in [-0.3, -0.25) is 14.5 Å². The summed E-state index contributed by atoms with van der Waals surface area (Å²) in [6.45, 7) is 0.490. The zero-order valence-corrected chi connectivity index (χ0v) is 18.7. The van der Waals surface area contributed by atoms with Gasteiger partial charge in [0.25, 0.3) is 0 Å². The highest BCUT2D eigenvalue weighted by Gasteiger charge is 2.15. The molecule has 0 aliphatic heterocycles. The third-order valence-corrected chi connectivity index (χ3v) is 5.26. The van der Waals surface area contributed by atoms with Crippen molar-refractivity contribution < 1.29 is 19.4 Å². The number of rotatable bonds is 9. The van der Waals surface area contributed by atoms with Crippen molar-refractivity contribution in [1.29, 1.82) is 0 Å². The maximum atomic E-state index is 11.1. The number of ether oxygens (including phenoxy) is 2. The van der Waals surface area contributed by atoms with Crippen molar-refractivity contribution in [1.82, 2.24) is 19.7 Å². The van der Waals surface area contributed by atoms with Crippen LogP contribution in [0.3, 0.4) is 0 Å². The average molecular weight is 447 g/mol. The van der Waals surface area contributed by atoms with Crippen molar-refractivity contribution in [2.45, 2.75) is 12.8 Å². The zero-order chi connectivity index (χ0) is 23.4. The number of carboxylic acids is 1. The van der Waals surface area contributed by atoms with Crippen LogP contribution in [-0.4, -0.2) is 51.6 Å². The van der Waals surface area contributed by atoms with Crippen molar-refractivity contribution in [2.24, 2.45) is 7.05 Å². The van der Waals surface area contributed by atoms with Crippen LogP contribution in [0.15, 0.2) is 55.0 Å². The topological polar surface area (TPSA) is 103 Å². The average Bonchev–Trinajstić information content (AvgIpc) is 3.26. The molecule has 0 saturated heterocycles. The van der Waals surface area contributed by atoms with Gasteiger partial charge in [-0.1, -0.05) is 0 Å². The molecule has 33 heavy (non-hydrogen) atoms. The lowest BCUT2D eigenvalue weighted by atomic mass is 10.1. The van der Waals surface area contributed by atoms with Crippen LogP contribution in [0.4, 0.5) is 11.4 Å². The second-order valence-electron chi connectivity index (χ2n) is 7.55. The molecule has 0 aliphatic rings. The summed E-state index contributed by atoms with van der Waals surface area (Å²) in [5.74, 6) is 0.461. The Kier molecular flexibility index (Phi) is 6.39. The van der Waals surface area contributed by atoms with Crippen LogP contribution in [0, 0.1) is 0 Å². The minimum Gasteiger partial charge on any atom is -0.497 e. The van der Waals surface area contributed by atoms with Crippen LogP contribution in [0.25, 0.3) is 22.3 Å². The van der Waals surface area contributed by atoms with Gasteiger partial charge in [0, 0.05) is 61.3 Å². The van der Waals surface area contributed by atoms with E-state index < -0.39 is 5.97 Å². The number of benzene rings is 2. The molecule has 0 amide bonds. The molecule has 0 unspecified atom stereocenters. The van der Waals surface area contributed by atoms with Crippen molar-refractivity contribution in [2.75, 3.05) is 25.7 Å². The molecule has 0 saturated carbocycles. The molecular weight excluding hydrogens is 422 g/mol. The van der Waals surface area contributed by atoms with Gasteiger partial charge in [0.05, 0.1) is 43.3 Å². The number of nitrogens with zero attached hydrogens (tertiary/aromatic N) is 5. The molecular formula is C24H25N5O4. The number of anilines is 2. The van der Waals surface area contributed by atoms with Gasteiger partial charge in [0.1, 0.15) is 11.5 Å². The number of aromatic nitrogens is 4. The number of methoxy groups -OCH3 is 2. The number of hydrogen-bond donors (Lipinski definition) is 1. The van der Waals surface area contributed by atoms with Crippen molar-refractivity contribution in [3.05, 3.63) is 55.0 Å². The van der Waals surface area contributed by atoms with Gasteiger partial charge in [-0.15, -0.1) is 0 Å². The number of fused-ring (bicyclic) bond motifs is 1. The number of aryl methyl sites for hydroxylation is 1. The van der Waals surface area contributed by atoms with E-state index in [0.29, 0.717) is 24.5 Å². The highest BCUT2D eigenvalue weighted by Crippen LogP contribution is 2.34. The molecule has 0 atom stereocenters. The van der Waals surface area contributed by atoms with Crippen molar-refractivity contribution >= 4 is 28.4 Å². The summed E-state index contributed by atoms with van der Waals surface area (Å²) in [6, 6.07) is 11.4. The van der Waals surface area contributed by atoms with E-state index in [4.69, 9.17) is 19.6 Å². The smallest absolute Gasteiger partial charge is 0.303 e. The Hall–Kier alpha value is -4.14. The maximum Gasteiger partial charge on any atom is 0.303 e. The summed E-state index contributed by atoms with van der Waals surface area (Å²) in [7, 11) is 5.05. The highest BCUT2D eigenvalue weighted by atomic mass is 16.5. The van der Waals surface area contributed by atoms with Crippen LogP contribution in [0.2, 0.25) is 0 Å². The van der Waals surface area contributed by atoms with E-state index in [1.807, 2.05) is 48.5 Å². The Balaban J connectivity index is 1.76.